The average Bonchev–Trinajstić information content (AvgIpc) is 2.13. The van der Waals surface area contributed by atoms with Crippen LogP contribution in [0.1, 0.15) is 0 Å². The Morgan fingerprint density at radius 2 is 1.78 bits per heavy atom. The number of hydrogen-bond donors (Lipinski definition) is 0. The molecule has 0 aromatic carbocycles. The maximum absolute atomic E-state index is 10.1. The Morgan fingerprint density at radius 3 is 2.00 bits per heavy atom. The lowest BCUT2D eigenvalue weighted by Gasteiger charge is -1.85. The first-order valence-corrected chi connectivity index (χ1v) is 2.02. The zero-order chi connectivity index (χ0) is 6.85. The van der Waals surface area contributed by atoms with Crippen molar-refractivity contribution in [1.82, 2.24) is 5.08 Å². The second kappa shape index (κ2) is 1.81. The molecule has 50 valence electrons. The minimum atomic E-state index is -1.09. The largest absolute Gasteiger partial charge is 0.449 e. The van der Waals surface area contributed by atoms with Gasteiger partial charge < -0.3 is 4.84 Å². The average molecular weight is 133 g/mol. The third-order valence-corrected chi connectivity index (χ3v) is 0.631. The van der Waals surface area contributed by atoms with E-state index in [0.717, 1.165) is 0 Å². The molecule has 9 heavy (non-hydrogen) atoms. The quantitative estimate of drug-likeness (QED) is 0.433. The summed E-state index contributed by atoms with van der Waals surface area (Å²) >= 11 is 0. The fourth-order valence-electron chi connectivity index (χ4n) is 0.303. The molecule has 1 aromatic rings. The minimum Gasteiger partial charge on any atom is -0.361 e. The van der Waals surface area contributed by atoms with E-state index in [9.17, 15) is 9.59 Å². The van der Waals surface area contributed by atoms with E-state index in [2.05, 4.69) is 13.9 Å². The van der Waals surface area contributed by atoms with Crippen molar-refractivity contribution in [2.75, 3.05) is 7.11 Å². The molecular weight excluding hydrogens is 130 g/mol. The van der Waals surface area contributed by atoms with Gasteiger partial charge in [-0.1, -0.05) is 0 Å². The number of rotatable bonds is 1. The van der Waals surface area contributed by atoms with Crippen LogP contribution >= 0.6 is 0 Å². The molecule has 0 radical (unpaired) electrons. The molecule has 0 aliphatic rings. The predicted molar refractivity (Wildman–Crippen MR) is 24.0 cm³/mol. The van der Waals surface area contributed by atoms with Crippen molar-refractivity contribution in [3.8, 4) is 0 Å². The molecule has 0 aliphatic heterocycles. The van der Waals surface area contributed by atoms with Crippen LogP contribution in [0.4, 0.5) is 0 Å². The van der Waals surface area contributed by atoms with Crippen molar-refractivity contribution in [3.63, 3.8) is 0 Å². The molecule has 0 N–H and O–H groups in total. The molecular formula is C3H3NO5. The van der Waals surface area contributed by atoms with Gasteiger partial charge in [0.1, 0.15) is 12.2 Å². The van der Waals surface area contributed by atoms with Gasteiger partial charge in [-0.2, -0.15) is 0 Å². The van der Waals surface area contributed by atoms with Crippen LogP contribution in [0, 0.1) is 0 Å². The monoisotopic (exact) mass is 133 g/mol. The zero-order valence-electron chi connectivity index (χ0n) is 4.49. The van der Waals surface area contributed by atoms with Crippen LogP contribution in [0.15, 0.2) is 18.6 Å². The summed E-state index contributed by atoms with van der Waals surface area (Å²) in [6.07, 6.45) is 0. The van der Waals surface area contributed by atoms with Gasteiger partial charge in [0.2, 0.25) is 0 Å². The van der Waals surface area contributed by atoms with Gasteiger partial charge in [-0.25, -0.2) is 9.59 Å². The summed E-state index contributed by atoms with van der Waals surface area (Å²) in [5, 5.41) is 0.324. The van der Waals surface area contributed by atoms with Crippen LogP contribution in [0.3, 0.4) is 0 Å². The van der Waals surface area contributed by atoms with Gasteiger partial charge >= 0.3 is 11.3 Å². The zero-order valence-corrected chi connectivity index (χ0v) is 4.49. The van der Waals surface area contributed by atoms with Crippen molar-refractivity contribution >= 4 is 0 Å². The maximum atomic E-state index is 10.1. The van der Waals surface area contributed by atoms with E-state index in [-0.39, 0.29) is 0 Å². The van der Waals surface area contributed by atoms with Crippen molar-refractivity contribution in [3.05, 3.63) is 20.8 Å². The summed E-state index contributed by atoms with van der Waals surface area (Å²) in [5.41, 5.74) is -2.17. The van der Waals surface area contributed by atoms with E-state index < -0.39 is 11.3 Å². The molecule has 0 fully saturated rings. The van der Waals surface area contributed by atoms with Crippen molar-refractivity contribution in [1.29, 1.82) is 0 Å². The number of hydrogen-bond acceptors (Lipinski definition) is 5. The molecule has 0 bridgehead atoms. The van der Waals surface area contributed by atoms with E-state index in [0.29, 0.717) is 5.08 Å². The van der Waals surface area contributed by atoms with Crippen molar-refractivity contribution < 1.29 is 13.9 Å². The van der Waals surface area contributed by atoms with E-state index in [1.165, 1.54) is 7.11 Å². The number of aromatic nitrogens is 1. The molecule has 1 heterocycles. The Kier molecular flexibility index (Phi) is 1.14. The second-order valence-electron chi connectivity index (χ2n) is 1.16. The van der Waals surface area contributed by atoms with E-state index in [4.69, 9.17) is 0 Å². The Labute approximate surface area is 48.1 Å². The number of nitrogens with zero attached hydrogens (tertiary/aromatic N) is 1. The lowest BCUT2D eigenvalue weighted by Crippen LogP contribution is -2.14. The molecule has 6 nitrogen and oxygen atoms in total. The smallest absolute Gasteiger partial charge is 0.361 e. The summed E-state index contributed by atoms with van der Waals surface area (Å²) in [5.74, 6) is 0. The third-order valence-electron chi connectivity index (χ3n) is 0.631. The van der Waals surface area contributed by atoms with Crippen LogP contribution in [0.5, 0.6) is 0 Å². The van der Waals surface area contributed by atoms with Gasteiger partial charge in [0.15, 0.2) is 0 Å². The third kappa shape index (κ3) is 0.857. The van der Waals surface area contributed by atoms with Gasteiger partial charge in [0.05, 0.1) is 0 Å². The van der Waals surface area contributed by atoms with Crippen LogP contribution in [0.25, 0.3) is 0 Å². The predicted octanol–water partition coefficient (Wildman–Crippen LogP) is -1.55. The van der Waals surface area contributed by atoms with Crippen LogP contribution < -0.4 is 16.1 Å². The first kappa shape index (κ1) is 5.67. The summed E-state index contributed by atoms with van der Waals surface area (Å²) in [6.45, 7) is 0. The highest BCUT2D eigenvalue weighted by atomic mass is 17.0. The molecule has 0 unspecified atom stereocenters. The lowest BCUT2D eigenvalue weighted by molar-refractivity contribution is -0.125. The molecule has 1 aromatic heterocycles. The molecule has 0 spiro atoms. The standard InChI is InChI=1S/C3H3NO5/c1-7-4-8-2(5)3(6)9-4/h1H3. The molecule has 0 saturated carbocycles. The highest BCUT2D eigenvalue weighted by molar-refractivity contribution is 4.55. The fraction of sp³-hybridized carbons (Fsp3) is 0.333. The van der Waals surface area contributed by atoms with Gasteiger partial charge in [-0.05, 0) is 0 Å². The summed E-state index contributed by atoms with van der Waals surface area (Å²) in [6, 6.07) is 0. The molecule has 0 atom stereocenters. The summed E-state index contributed by atoms with van der Waals surface area (Å²) in [4.78, 5) is 24.4. The maximum Gasteiger partial charge on any atom is 0.449 e. The van der Waals surface area contributed by atoms with Crippen LogP contribution in [-0.2, 0) is 0 Å². The van der Waals surface area contributed by atoms with E-state index >= 15 is 0 Å². The van der Waals surface area contributed by atoms with Gasteiger partial charge in [0, 0.05) is 0 Å². The Balaban J connectivity index is 3.29. The molecule has 0 saturated heterocycles. The van der Waals surface area contributed by atoms with E-state index in [1.54, 1.807) is 0 Å². The highest BCUT2D eigenvalue weighted by Gasteiger charge is 2.02. The molecule has 0 aliphatic carbocycles. The van der Waals surface area contributed by atoms with Crippen molar-refractivity contribution in [2.45, 2.75) is 0 Å². The molecule has 0 amide bonds. The summed E-state index contributed by atoms with van der Waals surface area (Å²) in [7, 11) is 1.19. The summed E-state index contributed by atoms with van der Waals surface area (Å²) < 4.78 is 8.05. The van der Waals surface area contributed by atoms with Gasteiger partial charge in [-0.3, -0.25) is 9.05 Å². The molecule has 1 rings (SSSR count). The van der Waals surface area contributed by atoms with Crippen LogP contribution in [0.2, 0.25) is 0 Å². The minimum absolute atomic E-state index is 0.324. The topological polar surface area (TPSA) is 74.6 Å². The second-order valence-corrected chi connectivity index (χ2v) is 1.16. The lowest BCUT2D eigenvalue weighted by atomic mass is 11.0. The first-order valence-electron chi connectivity index (χ1n) is 2.02. The fourth-order valence-corrected chi connectivity index (χ4v) is 0.303. The van der Waals surface area contributed by atoms with Crippen molar-refractivity contribution in [2.24, 2.45) is 0 Å². The Hall–Kier alpha value is -1.46. The Bertz CT molecular complexity index is 262. The van der Waals surface area contributed by atoms with E-state index in [1.807, 2.05) is 0 Å². The molecule has 6 heteroatoms. The SMILES string of the molecule is COn1oc(=O)c(=O)o1. The van der Waals surface area contributed by atoms with Gasteiger partial charge in [0.25, 0.3) is 0 Å². The van der Waals surface area contributed by atoms with Gasteiger partial charge in [-0.15, -0.1) is 0 Å². The normalized spacial score (nSPS) is 9.44. The Morgan fingerprint density at radius 1 is 1.33 bits per heavy atom. The highest BCUT2D eigenvalue weighted by Crippen LogP contribution is 1.66. The van der Waals surface area contributed by atoms with Crippen LogP contribution in [-0.4, -0.2) is 12.2 Å². The first-order chi connectivity index (χ1) is 4.24.